The van der Waals surface area contributed by atoms with Gasteiger partial charge in [0.2, 0.25) is 10.0 Å². The number of likely N-dealkylation sites (N-methyl/N-ethyl adjacent to an activating group) is 1. The van der Waals surface area contributed by atoms with Gasteiger partial charge in [-0.05, 0) is 60.5 Å². The molecule has 0 aromatic heterocycles. The molecule has 0 saturated heterocycles. The van der Waals surface area contributed by atoms with Crippen molar-refractivity contribution in [3.63, 3.8) is 0 Å². The lowest BCUT2D eigenvalue weighted by molar-refractivity contribution is 0.295. The van der Waals surface area contributed by atoms with E-state index in [-0.39, 0.29) is 10.8 Å². The van der Waals surface area contributed by atoms with E-state index in [9.17, 15) is 8.42 Å². The van der Waals surface area contributed by atoms with Crippen molar-refractivity contribution in [2.24, 2.45) is 5.14 Å². The maximum atomic E-state index is 11.7. The van der Waals surface area contributed by atoms with Crippen molar-refractivity contribution in [3.05, 3.63) is 62.6 Å². The monoisotopic (exact) mass is 384 g/mol. The van der Waals surface area contributed by atoms with Gasteiger partial charge in [-0.15, -0.1) is 0 Å². The zero-order chi connectivity index (χ0) is 17.6. The fraction of sp³-hybridized carbons (Fsp3) is 0.294. The molecule has 1 aliphatic heterocycles. The Morgan fingerprint density at radius 2 is 1.88 bits per heavy atom. The van der Waals surface area contributed by atoms with Gasteiger partial charge in [0.15, 0.2) is 0 Å². The Balaban J connectivity index is 2.21. The van der Waals surface area contributed by atoms with E-state index in [1.165, 1.54) is 6.07 Å². The highest BCUT2D eigenvalue weighted by Gasteiger charge is 2.28. The number of fused-ring (bicyclic) bond motifs is 1. The van der Waals surface area contributed by atoms with Gasteiger partial charge in [0, 0.05) is 29.1 Å². The van der Waals surface area contributed by atoms with E-state index < -0.39 is 10.0 Å². The Morgan fingerprint density at radius 1 is 1.17 bits per heavy atom. The number of rotatable bonds is 2. The lowest BCUT2D eigenvalue weighted by Crippen LogP contribution is -2.31. The zero-order valence-corrected chi connectivity index (χ0v) is 15.7. The summed E-state index contributed by atoms with van der Waals surface area (Å²) in [6.45, 7) is 3.44. The molecular formula is C17H18Cl2N2O2S. The molecule has 1 aliphatic rings. The Labute approximate surface area is 152 Å². The number of sulfonamides is 1. The number of benzene rings is 2. The molecule has 0 radical (unpaired) electrons. The van der Waals surface area contributed by atoms with E-state index in [0.29, 0.717) is 10.0 Å². The molecule has 1 atom stereocenters. The number of halogens is 2. The molecule has 2 aromatic carbocycles. The molecule has 2 aromatic rings. The van der Waals surface area contributed by atoms with Crippen molar-refractivity contribution < 1.29 is 8.42 Å². The van der Waals surface area contributed by atoms with Crippen LogP contribution in [0.3, 0.4) is 0 Å². The minimum absolute atomic E-state index is 0.0170. The van der Waals surface area contributed by atoms with Gasteiger partial charge < -0.3 is 4.90 Å². The second-order valence-electron chi connectivity index (χ2n) is 6.27. The van der Waals surface area contributed by atoms with Crippen LogP contribution < -0.4 is 5.14 Å². The molecule has 3 rings (SSSR count). The van der Waals surface area contributed by atoms with Crippen molar-refractivity contribution in [1.29, 1.82) is 0 Å². The number of hydrogen-bond donors (Lipinski definition) is 1. The Hall–Kier alpha value is -1.11. The predicted molar refractivity (Wildman–Crippen MR) is 97.2 cm³/mol. The summed E-state index contributed by atoms with van der Waals surface area (Å²) in [5.74, 6) is -0.0170. The zero-order valence-electron chi connectivity index (χ0n) is 13.4. The van der Waals surface area contributed by atoms with Crippen molar-refractivity contribution in [3.8, 4) is 0 Å². The minimum Gasteiger partial charge on any atom is -0.301 e. The number of primary sulfonamides is 1. The largest absolute Gasteiger partial charge is 0.301 e. The molecule has 7 heteroatoms. The van der Waals surface area contributed by atoms with Crippen molar-refractivity contribution in [2.75, 3.05) is 13.6 Å². The second-order valence-corrected chi connectivity index (χ2v) is 8.67. The average Bonchev–Trinajstić information content (AvgIpc) is 2.47. The number of aryl methyl sites for hydroxylation is 1. The molecule has 0 bridgehead atoms. The summed E-state index contributed by atoms with van der Waals surface area (Å²) in [7, 11) is -1.74. The minimum atomic E-state index is -3.75. The van der Waals surface area contributed by atoms with Crippen LogP contribution in [0.4, 0.5) is 0 Å². The van der Waals surface area contributed by atoms with Crippen LogP contribution in [0.1, 0.15) is 28.2 Å². The van der Waals surface area contributed by atoms with Crippen LogP contribution in [0, 0.1) is 6.92 Å². The highest BCUT2D eigenvalue weighted by Crippen LogP contribution is 2.39. The Morgan fingerprint density at radius 3 is 2.54 bits per heavy atom. The molecule has 0 spiro atoms. The Bertz CT molecular complexity index is 913. The highest BCUT2D eigenvalue weighted by molar-refractivity contribution is 7.89. The summed E-state index contributed by atoms with van der Waals surface area (Å²) in [6, 6.07) is 8.64. The van der Waals surface area contributed by atoms with Crippen LogP contribution in [0.25, 0.3) is 0 Å². The predicted octanol–water partition coefficient (Wildman–Crippen LogP) is 3.53. The summed E-state index contributed by atoms with van der Waals surface area (Å²) in [6.07, 6.45) is 0. The molecule has 4 nitrogen and oxygen atoms in total. The molecule has 0 fully saturated rings. The van der Waals surface area contributed by atoms with Gasteiger partial charge in [0.25, 0.3) is 0 Å². The van der Waals surface area contributed by atoms with Gasteiger partial charge in [0.05, 0.1) is 4.90 Å². The van der Waals surface area contributed by atoms with Gasteiger partial charge in [-0.2, -0.15) is 0 Å². The van der Waals surface area contributed by atoms with E-state index in [1.807, 2.05) is 20.0 Å². The fourth-order valence-electron chi connectivity index (χ4n) is 3.28. The second kappa shape index (κ2) is 6.32. The van der Waals surface area contributed by atoms with Crippen LogP contribution in [-0.2, 0) is 16.6 Å². The molecule has 128 valence electrons. The Kier molecular flexibility index (Phi) is 4.66. The lowest BCUT2D eigenvalue weighted by atomic mass is 9.83. The van der Waals surface area contributed by atoms with Crippen LogP contribution in [0.5, 0.6) is 0 Å². The maximum absolute atomic E-state index is 11.7. The van der Waals surface area contributed by atoms with Crippen molar-refractivity contribution in [2.45, 2.75) is 24.3 Å². The summed E-state index contributed by atoms with van der Waals surface area (Å²) < 4.78 is 23.4. The third-order valence-corrected chi connectivity index (χ3v) is 5.91. The highest BCUT2D eigenvalue weighted by atomic mass is 35.5. The summed E-state index contributed by atoms with van der Waals surface area (Å²) in [4.78, 5) is 2.28. The van der Waals surface area contributed by atoms with E-state index in [1.54, 1.807) is 18.2 Å². The SMILES string of the molecule is Cc1ccc(S(N)(=O)=O)cc1C1CN(C)Cc2c(Cl)cc(Cl)cc21. The third kappa shape index (κ3) is 3.32. The standard InChI is InChI=1S/C17H18Cl2N2O2S/c1-10-3-4-12(24(20,22)23)7-13(10)15-8-21(2)9-16-14(15)5-11(18)6-17(16)19/h3-7,15H,8-9H2,1-2H3,(H2,20,22,23). The molecule has 0 saturated carbocycles. The van der Waals surface area contributed by atoms with E-state index in [0.717, 1.165) is 35.3 Å². The van der Waals surface area contributed by atoms with Crippen LogP contribution in [0.2, 0.25) is 10.0 Å². The van der Waals surface area contributed by atoms with Crippen LogP contribution >= 0.6 is 23.2 Å². The van der Waals surface area contributed by atoms with E-state index in [2.05, 4.69) is 4.90 Å². The summed E-state index contributed by atoms with van der Waals surface area (Å²) >= 11 is 12.6. The smallest absolute Gasteiger partial charge is 0.238 e. The molecule has 2 N–H and O–H groups in total. The molecule has 0 amide bonds. The first-order valence-corrected chi connectivity index (χ1v) is 9.76. The molecule has 1 heterocycles. The lowest BCUT2D eigenvalue weighted by Gasteiger charge is -2.34. The summed E-state index contributed by atoms with van der Waals surface area (Å²) in [5, 5.41) is 6.51. The quantitative estimate of drug-likeness (QED) is 0.860. The van der Waals surface area contributed by atoms with Crippen molar-refractivity contribution >= 4 is 33.2 Å². The van der Waals surface area contributed by atoms with E-state index >= 15 is 0 Å². The first kappa shape index (κ1) is 17.7. The first-order valence-electron chi connectivity index (χ1n) is 7.46. The molecule has 0 aliphatic carbocycles. The number of nitrogens with zero attached hydrogens (tertiary/aromatic N) is 1. The summed E-state index contributed by atoms with van der Waals surface area (Å²) in [5.41, 5.74) is 4.00. The topological polar surface area (TPSA) is 63.4 Å². The molecular weight excluding hydrogens is 367 g/mol. The molecule has 1 unspecified atom stereocenters. The number of nitrogens with two attached hydrogens (primary N) is 1. The van der Waals surface area contributed by atoms with Gasteiger partial charge in [0.1, 0.15) is 0 Å². The van der Waals surface area contributed by atoms with Gasteiger partial charge in [-0.3, -0.25) is 0 Å². The van der Waals surface area contributed by atoms with Gasteiger partial charge in [-0.25, -0.2) is 13.6 Å². The van der Waals surface area contributed by atoms with Crippen LogP contribution in [0.15, 0.2) is 35.2 Å². The molecule has 24 heavy (non-hydrogen) atoms. The normalized spacial score (nSPS) is 18.5. The third-order valence-electron chi connectivity index (χ3n) is 4.45. The van der Waals surface area contributed by atoms with Gasteiger partial charge >= 0.3 is 0 Å². The maximum Gasteiger partial charge on any atom is 0.238 e. The van der Waals surface area contributed by atoms with Gasteiger partial charge in [-0.1, -0.05) is 29.3 Å². The van der Waals surface area contributed by atoms with Crippen molar-refractivity contribution in [1.82, 2.24) is 4.90 Å². The fourth-order valence-corrected chi connectivity index (χ4v) is 4.40. The number of hydrogen-bond acceptors (Lipinski definition) is 3. The van der Waals surface area contributed by atoms with Crippen LogP contribution in [-0.4, -0.2) is 26.9 Å². The first-order chi connectivity index (χ1) is 11.2. The average molecular weight is 385 g/mol. The van der Waals surface area contributed by atoms with E-state index in [4.69, 9.17) is 28.3 Å².